The van der Waals surface area contributed by atoms with Crippen LogP contribution in [0.3, 0.4) is 0 Å². The zero-order valence-electron chi connectivity index (χ0n) is 11.9. The lowest BCUT2D eigenvalue weighted by atomic mass is 9.88. The van der Waals surface area contributed by atoms with Crippen LogP contribution in [0.2, 0.25) is 0 Å². The van der Waals surface area contributed by atoms with Gasteiger partial charge in [-0.15, -0.1) is 0 Å². The summed E-state index contributed by atoms with van der Waals surface area (Å²) < 4.78 is 13.8. The van der Waals surface area contributed by atoms with E-state index in [2.05, 4.69) is 25.2 Å². The molecule has 1 saturated carbocycles. The largest absolute Gasteiger partial charge is 0.326 e. The zero-order chi connectivity index (χ0) is 13.9. The summed E-state index contributed by atoms with van der Waals surface area (Å²) in [5, 5.41) is 3.47. The van der Waals surface area contributed by atoms with Crippen LogP contribution in [0.5, 0.6) is 0 Å². The highest BCUT2D eigenvalue weighted by Gasteiger charge is 2.45. The Morgan fingerprint density at radius 3 is 2.33 bits per heavy atom. The lowest BCUT2D eigenvalue weighted by Crippen LogP contribution is -2.45. The maximum atomic E-state index is 13.8. The molecule has 0 aromatic carbocycles. The molecule has 0 radical (unpaired) electrons. The van der Waals surface area contributed by atoms with Crippen molar-refractivity contribution < 1.29 is 4.39 Å². The molecule has 0 aromatic heterocycles. The number of hydrogen-bond acceptors (Lipinski definition) is 3. The second-order valence-electron chi connectivity index (χ2n) is 5.74. The van der Waals surface area contributed by atoms with Gasteiger partial charge in [-0.1, -0.05) is 19.1 Å². The third-order valence-electron chi connectivity index (χ3n) is 4.14. The van der Waals surface area contributed by atoms with Gasteiger partial charge in [-0.2, -0.15) is 0 Å². The maximum absolute atomic E-state index is 13.8. The van der Waals surface area contributed by atoms with Crippen molar-refractivity contribution in [2.24, 2.45) is 23.3 Å². The Labute approximate surface area is 110 Å². The molecule has 106 valence electrons. The smallest absolute Gasteiger partial charge is 0.119 e. The van der Waals surface area contributed by atoms with Crippen molar-refractivity contribution in [3.8, 4) is 0 Å². The van der Waals surface area contributed by atoms with Crippen LogP contribution in [0.15, 0.2) is 12.2 Å². The van der Waals surface area contributed by atoms with Crippen LogP contribution in [-0.4, -0.2) is 30.3 Å². The minimum Gasteiger partial charge on any atom is -0.326 e. The van der Waals surface area contributed by atoms with Crippen LogP contribution >= 0.6 is 0 Å². The van der Waals surface area contributed by atoms with E-state index in [0.29, 0.717) is 12.1 Å². The lowest BCUT2D eigenvalue weighted by Gasteiger charge is -2.26. The van der Waals surface area contributed by atoms with Crippen molar-refractivity contribution in [1.29, 1.82) is 0 Å². The van der Waals surface area contributed by atoms with Gasteiger partial charge in [-0.25, -0.2) is 4.39 Å². The average molecular weight is 257 g/mol. The van der Waals surface area contributed by atoms with Crippen LogP contribution < -0.4 is 16.8 Å². The third-order valence-corrected chi connectivity index (χ3v) is 4.14. The van der Waals surface area contributed by atoms with Gasteiger partial charge in [0.05, 0.1) is 6.04 Å². The molecule has 0 saturated heterocycles. The number of hydrogen-bond donors (Lipinski definition) is 3. The van der Waals surface area contributed by atoms with Crippen molar-refractivity contribution in [2.75, 3.05) is 0 Å². The molecule has 0 heterocycles. The second-order valence-corrected chi connectivity index (χ2v) is 5.74. The molecule has 18 heavy (non-hydrogen) atoms. The first-order valence-electron chi connectivity index (χ1n) is 6.92. The van der Waals surface area contributed by atoms with Crippen LogP contribution in [0.4, 0.5) is 4.39 Å². The molecule has 0 spiro atoms. The summed E-state index contributed by atoms with van der Waals surface area (Å²) in [5.74, 6) is 0.117. The van der Waals surface area contributed by atoms with Gasteiger partial charge >= 0.3 is 0 Å². The summed E-state index contributed by atoms with van der Waals surface area (Å²) in [7, 11) is 0. The van der Waals surface area contributed by atoms with Crippen LogP contribution in [0.1, 0.15) is 34.1 Å². The van der Waals surface area contributed by atoms with Crippen LogP contribution in [-0.2, 0) is 0 Å². The van der Waals surface area contributed by atoms with Gasteiger partial charge in [-0.05, 0) is 39.0 Å². The Morgan fingerprint density at radius 2 is 1.89 bits per heavy atom. The van der Waals surface area contributed by atoms with Crippen LogP contribution in [0.25, 0.3) is 0 Å². The summed E-state index contributed by atoms with van der Waals surface area (Å²) in [6.07, 6.45) is 4.04. The number of nitrogens with one attached hydrogen (secondary N) is 1. The first kappa shape index (κ1) is 15.6. The molecule has 1 fully saturated rings. The van der Waals surface area contributed by atoms with E-state index in [4.69, 9.17) is 11.5 Å². The summed E-state index contributed by atoms with van der Waals surface area (Å²) in [6, 6.07) is -0.0959. The van der Waals surface area contributed by atoms with Crippen molar-refractivity contribution in [3.63, 3.8) is 0 Å². The van der Waals surface area contributed by atoms with E-state index in [1.165, 1.54) is 0 Å². The molecule has 1 aliphatic rings. The molecule has 0 aromatic rings. The average Bonchev–Trinajstić information content (AvgIpc) is 2.47. The fourth-order valence-electron chi connectivity index (χ4n) is 3.08. The highest BCUT2D eigenvalue weighted by molar-refractivity contribution is 5.02. The van der Waals surface area contributed by atoms with Crippen molar-refractivity contribution in [3.05, 3.63) is 12.2 Å². The number of allylic oxidation sites excluding steroid dienone is 1. The van der Waals surface area contributed by atoms with Crippen molar-refractivity contribution in [1.82, 2.24) is 5.32 Å². The first-order chi connectivity index (χ1) is 8.38. The molecule has 7 atom stereocenters. The lowest BCUT2D eigenvalue weighted by molar-refractivity contribution is 0.221. The maximum Gasteiger partial charge on any atom is 0.119 e. The molecule has 3 nitrogen and oxygen atoms in total. The van der Waals surface area contributed by atoms with E-state index in [1.807, 2.05) is 19.9 Å². The normalized spacial score (nSPS) is 40.3. The fraction of sp³-hybridized carbons (Fsp3) is 0.857. The molecule has 5 N–H and O–H groups in total. The fourth-order valence-corrected chi connectivity index (χ4v) is 3.08. The molecular weight excluding hydrogens is 229 g/mol. The highest BCUT2D eigenvalue weighted by Crippen LogP contribution is 2.35. The van der Waals surface area contributed by atoms with Gasteiger partial charge in [0.1, 0.15) is 6.17 Å². The van der Waals surface area contributed by atoms with Gasteiger partial charge in [0.25, 0.3) is 0 Å². The number of alkyl halides is 1. The molecule has 7 unspecified atom stereocenters. The van der Waals surface area contributed by atoms with Crippen LogP contribution in [0, 0.1) is 11.8 Å². The minimum absolute atomic E-state index is 0.0451. The first-order valence-corrected chi connectivity index (χ1v) is 6.92. The van der Waals surface area contributed by atoms with Crippen molar-refractivity contribution in [2.45, 2.75) is 64.5 Å². The summed E-state index contributed by atoms with van der Waals surface area (Å²) in [4.78, 5) is 0. The van der Waals surface area contributed by atoms with Gasteiger partial charge in [0, 0.05) is 18.1 Å². The summed E-state index contributed by atoms with van der Waals surface area (Å²) >= 11 is 0. The standard InChI is InChI=1S/C14H28FN3/c1-5-6-8(2)18-9(3)7-11-10(4)12(15)14(17)13(11)16/h5-6,8-14,18H,7,16-17H2,1-4H3/b6-5-. The molecule has 0 aliphatic heterocycles. The Bertz CT molecular complexity index is 268. The molecule has 1 aliphatic carbocycles. The van der Waals surface area contributed by atoms with Crippen molar-refractivity contribution >= 4 is 0 Å². The number of rotatable bonds is 5. The molecule has 0 bridgehead atoms. The summed E-state index contributed by atoms with van der Waals surface area (Å²) in [6.45, 7) is 8.16. The quantitative estimate of drug-likeness (QED) is 0.655. The Morgan fingerprint density at radius 1 is 1.28 bits per heavy atom. The Balaban J connectivity index is 2.51. The number of halogens is 1. The third kappa shape index (κ3) is 3.53. The predicted octanol–water partition coefficient (Wildman–Crippen LogP) is 1.58. The molecule has 1 rings (SSSR count). The topological polar surface area (TPSA) is 64.1 Å². The van der Waals surface area contributed by atoms with Gasteiger partial charge in [-0.3, -0.25) is 0 Å². The molecule has 4 heteroatoms. The Hall–Kier alpha value is -0.450. The Kier molecular flexibility index (Phi) is 5.76. The van der Waals surface area contributed by atoms with Gasteiger partial charge in [0.2, 0.25) is 0 Å². The molecule has 0 amide bonds. The number of nitrogens with two attached hydrogens (primary N) is 2. The minimum atomic E-state index is -0.967. The van der Waals surface area contributed by atoms with E-state index in [0.717, 1.165) is 6.42 Å². The second kappa shape index (κ2) is 6.64. The van der Waals surface area contributed by atoms with E-state index in [9.17, 15) is 4.39 Å². The highest BCUT2D eigenvalue weighted by atomic mass is 19.1. The van der Waals surface area contributed by atoms with E-state index >= 15 is 0 Å². The summed E-state index contributed by atoms with van der Waals surface area (Å²) in [5.41, 5.74) is 11.8. The van der Waals surface area contributed by atoms with E-state index in [-0.39, 0.29) is 17.9 Å². The van der Waals surface area contributed by atoms with E-state index in [1.54, 1.807) is 0 Å². The van der Waals surface area contributed by atoms with Gasteiger partial charge < -0.3 is 16.8 Å². The predicted molar refractivity (Wildman–Crippen MR) is 75.0 cm³/mol. The SMILES string of the molecule is C/C=C\C(C)NC(C)CC1C(C)C(F)C(N)C1N. The van der Waals surface area contributed by atoms with Gasteiger partial charge in [0.15, 0.2) is 0 Å². The molecular formula is C14H28FN3. The van der Waals surface area contributed by atoms with E-state index < -0.39 is 12.2 Å². The zero-order valence-corrected chi connectivity index (χ0v) is 11.9. The monoisotopic (exact) mass is 257 g/mol.